The maximum absolute atomic E-state index is 11.2. The maximum atomic E-state index is 11.2. The van der Waals surface area contributed by atoms with Crippen molar-refractivity contribution in [3.8, 4) is 0 Å². The van der Waals surface area contributed by atoms with Crippen molar-refractivity contribution in [2.45, 2.75) is 19.8 Å². The second-order valence-electron chi connectivity index (χ2n) is 3.17. The zero-order valence-electron chi connectivity index (χ0n) is 8.72. The van der Waals surface area contributed by atoms with E-state index in [0.717, 1.165) is 37.7 Å². The van der Waals surface area contributed by atoms with Crippen molar-refractivity contribution in [3.63, 3.8) is 0 Å². The summed E-state index contributed by atoms with van der Waals surface area (Å²) in [4.78, 5) is 15.8. The second-order valence-corrected chi connectivity index (χ2v) is 4.44. The van der Waals surface area contributed by atoms with E-state index in [4.69, 9.17) is 4.84 Å². The molecule has 0 aliphatic carbocycles. The molecule has 1 rings (SSSR count). The van der Waals surface area contributed by atoms with E-state index in [1.807, 2.05) is 0 Å². The lowest BCUT2D eigenvalue weighted by Gasteiger charge is -2.09. The average Bonchev–Trinajstić information content (AvgIpc) is 2.69. The molecule has 86 valence electrons. The molecule has 1 saturated heterocycles. The van der Waals surface area contributed by atoms with Crippen LogP contribution in [0, 0.1) is 5.21 Å². The number of carbonyl (C=O) groups is 1. The third kappa shape index (κ3) is 4.87. The number of carbonyl (C=O) groups excluding carboxylic acids is 1. The van der Waals surface area contributed by atoms with Gasteiger partial charge < -0.3 is 10.0 Å². The monoisotopic (exact) mass is 233 g/mol. The first kappa shape index (κ1) is 12.1. The number of hydrazine groups is 1. The van der Waals surface area contributed by atoms with Crippen molar-refractivity contribution in [2.75, 3.05) is 25.4 Å². The Morgan fingerprint density at radius 2 is 2.27 bits per heavy atom. The van der Waals surface area contributed by atoms with E-state index in [1.54, 1.807) is 5.01 Å². The van der Waals surface area contributed by atoms with E-state index >= 15 is 0 Å². The fourth-order valence-electron chi connectivity index (χ4n) is 1.24. The molecule has 0 amide bonds. The first-order valence-corrected chi connectivity index (χ1v) is 5.87. The Labute approximate surface area is 92.8 Å². The van der Waals surface area contributed by atoms with E-state index in [9.17, 15) is 10.0 Å². The highest BCUT2D eigenvalue weighted by molar-refractivity contribution is 8.13. The molecule has 15 heavy (non-hydrogen) atoms. The van der Waals surface area contributed by atoms with E-state index < -0.39 is 0 Å². The Kier molecular flexibility index (Phi) is 5.23. The van der Waals surface area contributed by atoms with Crippen LogP contribution in [0.4, 0.5) is 0 Å². The first-order chi connectivity index (χ1) is 7.20. The molecular weight excluding hydrogens is 218 g/mol. The molecule has 1 heterocycles. The quantitative estimate of drug-likeness (QED) is 0.308. The van der Waals surface area contributed by atoms with Gasteiger partial charge in [0.25, 0.3) is 0 Å². The van der Waals surface area contributed by atoms with Crippen molar-refractivity contribution < 1.29 is 14.6 Å². The van der Waals surface area contributed by atoms with Crippen LogP contribution in [0.2, 0.25) is 0 Å². The zero-order chi connectivity index (χ0) is 11.1. The summed E-state index contributed by atoms with van der Waals surface area (Å²) in [6.07, 6.45) is 2.04. The van der Waals surface area contributed by atoms with Crippen molar-refractivity contribution in [1.82, 2.24) is 5.01 Å². The molecule has 0 atom stereocenters. The summed E-state index contributed by atoms with van der Waals surface area (Å²) in [7, 11) is 0. The minimum absolute atomic E-state index is 0.0390. The largest absolute Gasteiger partial charge is 0.569 e. The van der Waals surface area contributed by atoms with Gasteiger partial charge in [-0.2, -0.15) is 0 Å². The molecule has 0 aromatic heterocycles. The molecule has 6 nitrogen and oxygen atoms in total. The predicted molar refractivity (Wildman–Crippen MR) is 56.0 cm³/mol. The third-order valence-corrected chi connectivity index (χ3v) is 2.71. The third-order valence-electron chi connectivity index (χ3n) is 1.93. The molecule has 0 bridgehead atoms. The van der Waals surface area contributed by atoms with Gasteiger partial charge in [-0.1, -0.05) is 11.8 Å². The maximum Gasteiger partial charge on any atom is 0.233 e. The lowest BCUT2D eigenvalue weighted by Crippen LogP contribution is -2.27. The molecule has 1 aliphatic rings. The van der Waals surface area contributed by atoms with Gasteiger partial charge in [-0.3, -0.25) is 4.79 Å². The molecule has 0 aromatic rings. The highest BCUT2D eigenvalue weighted by Gasteiger charge is 2.18. The standard InChI is InChI=1S/C8H15N3O3S/c1-8(12)15-7-6-14-9-11(13)10-4-2-3-5-10/h2-7H2,1H3/b11-9-. The van der Waals surface area contributed by atoms with Crippen molar-refractivity contribution in [2.24, 2.45) is 5.28 Å². The lowest BCUT2D eigenvalue weighted by atomic mass is 10.4. The Morgan fingerprint density at radius 1 is 1.60 bits per heavy atom. The van der Waals surface area contributed by atoms with Gasteiger partial charge in [0.1, 0.15) is 6.61 Å². The summed E-state index contributed by atoms with van der Waals surface area (Å²) in [5.41, 5.74) is 0. The Bertz CT molecular complexity index is 241. The van der Waals surface area contributed by atoms with Crippen LogP contribution in [0.1, 0.15) is 19.8 Å². The van der Waals surface area contributed by atoms with Crippen LogP contribution in [0.3, 0.4) is 0 Å². The van der Waals surface area contributed by atoms with E-state index in [-0.39, 0.29) is 11.7 Å². The number of thioether (sulfide) groups is 1. The summed E-state index contributed by atoms with van der Waals surface area (Å²) in [6, 6.07) is 0. The van der Waals surface area contributed by atoms with Crippen LogP contribution in [-0.2, 0) is 9.63 Å². The van der Waals surface area contributed by atoms with E-state index in [0.29, 0.717) is 10.7 Å². The zero-order valence-corrected chi connectivity index (χ0v) is 9.53. The number of nitrogens with zero attached hydrogens (tertiary/aromatic N) is 3. The molecule has 1 aliphatic heterocycles. The minimum atomic E-state index is 0.0390. The number of rotatable bonds is 5. The Morgan fingerprint density at radius 3 is 2.87 bits per heavy atom. The van der Waals surface area contributed by atoms with Gasteiger partial charge in [0, 0.05) is 12.7 Å². The Hall–Kier alpha value is -0.980. The van der Waals surface area contributed by atoms with Crippen LogP contribution < -0.4 is 0 Å². The van der Waals surface area contributed by atoms with Crippen molar-refractivity contribution in [1.29, 1.82) is 0 Å². The molecule has 0 radical (unpaired) electrons. The first-order valence-electron chi connectivity index (χ1n) is 4.88. The van der Waals surface area contributed by atoms with Crippen LogP contribution in [-0.4, -0.2) is 40.5 Å². The minimum Gasteiger partial charge on any atom is -0.569 e. The van der Waals surface area contributed by atoms with Crippen molar-refractivity contribution in [3.05, 3.63) is 5.21 Å². The summed E-state index contributed by atoms with van der Waals surface area (Å²) in [5, 5.41) is 16.2. The van der Waals surface area contributed by atoms with Gasteiger partial charge in [0.15, 0.2) is 5.12 Å². The fraction of sp³-hybridized carbons (Fsp3) is 0.875. The van der Waals surface area contributed by atoms with Crippen LogP contribution in [0.5, 0.6) is 0 Å². The van der Waals surface area contributed by atoms with Crippen LogP contribution >= 0.6 is 11.8 Å². The van der Waals surface area contributed by atoms with E-state index in [2.05, 4.69) is 5.28 Å². The molecule has 0 aromatic carbocycles. The second kappa shape index (κ2) is 6.49. The molecule has 0 N–H and O–H groups in total. The van der Waals surface area contributed by atoms with Crippen LogP contribution in [0.15, 0.2) is 5.28 Å². The van der Waals surface area contributed by atoms with Gasteiger partial charge >= 0.3 is 0 Å². The van der Waals surface area contributed by atoms with Crippen molar-refractivity contribution >= 4 is 16.9 Å². The molecule has 0 unspecified atom stereocenters. The highest BCUT2D eigenvalue weighted by atomic mass is 32.2. The van der Waals surface area contributed by atoms with Gasteiger partial charge in [-0.15, -0.1) is 5.01 Å². The SMILES string of the molecule is CC(=O)SCCO/N=[N+](\[O-])N1CCCC1. The number of hydrogen-bond acceptors (Lipinski definition) is 5. The topological polar surface area (TPSA) is 68.0 Å². The molecular formula is C8H15N3O3S. The highest BCUT2D eigenvalue weighted by Crippen LogP contribution is 2.07. The normalized spacial score (nSPS) is 16.9. The Balaban J connectivity index is 2.11. The van der Waals surface area contributed by atoms with Crippen LogP contribution in [0.25, 0.3) is 0 Å². The average molecular weight is 233 g/mol. The molecule has 0 spiro atoms. The summed E-state index contributed by atoms with van der Waals surface area (Å²) < 4.78 is 0. The predicted octanol–water partition coefficient (Wildman–Crippen LogP) is 1.17. The lowest BCUT2D eigenvalue weighted by molar-refractivity contribution is -0.707. The molecule has 0 saturated carbocycles. The van der Waals surface area contributed by atoms with Gasteiger partial charge in [0.05, 0.1) is 18.1 Å². The molecule has 1 fully saturated rings. The smallest absolute Gasteiger partial charge is 0.233 e. The summed E-state index contributed by atoms with van der Waals surface area (Å²) >= 11 is 1.16. The van der Waals surface area contributed by atoms with E-state index in [1.165, 1.54) is 6.92 Å². The van der Waals surface area contributed by atoms with Gasteiger partial charge in [-0.25, -0.2) is 0 Å². The molecule has 7 heteroatoms. The summed E-state index contributed by atoms with van der Waals surface area (Å²) in [6.45, 7) is 3.24. The van der Waals surface area contributed by atoms with Gasteiger partial charge in [0.2, 0.25) is 5.28 Å². The fourth-order valence-corrected chi connectivity index (χ4v) is 1.68. The summed E-state index contributed by atoms with van der Waals surface area (Å²) in [5.74, 6) is 0.521. The number of hydrogen-bond donors (Lipinski definition) is 0. The van der Waals surface area contributed by atoms with Gasteiger partial charge in [-0.05, 0) is 12.8 Å².